The molecule has 0 spiro atoms. The van der Waals surface area contributed by atoms with E-state index in [0.717, 1.165) is 18.4 Å². The molecule has 1 aromatic rings. The Kier molecular flexibility index (Phi) is 6.24. The van der Waals surface area contributed by atoms with E-state index in [2.05, 4.69) is 0 Å². The minimum absolute atomic E-state index is 0.0367. The third kappa shape index (κ3) is 5.68. The molecule has 0 aromatic heterocycles. The number of hydrogen-bond acceptors (Lipinski definition) is 4. The fourth-order valence-electron chi connectivity index (χ4n) is 1.99. The molecule has 1 rings (SSSR count). The molecule has 0 aliphatic heterocycles. The normalized spacial score (nSPS) is 13.9. The Morgan fingerprint density at radius 3 is 2.19 bits per heavy atom. The fraction of sp³-hybridized carbons (Fsp3) is 0.571. The first kappa shape index (κ1) is 18.0. The summed E-state index contributed by atoms with van der Waals surface area (Å²) >= 11 is 0. The smallest absolute Gasteiger partial charge is 0.148 e. The zero-order chi connectivity index (χ0) is 16.2. The molecule has 0 radical (unpaired) electrons. The van der Waals surface area contributed by atoms with Gasteiger partial charge in [-0.1, -0.05) is 6.07 Å². The number of benzene rings is 1. The van der Waals surface area contributed by atoms with Crippen LogP contribution < -0.4 is 0 Å². The highest BCUT2D eigenvalue weighted by Gasteiger charge is 2.22. The number of nitrogens with zero attached hydrogens (tertiary/aromatic N) is 1. The van der Waals surface area contributed by atoms with Crippen LogP contribution in [-0.2, 0) is 9.84 Å². The van der Waals surface area contributed by atoms with Gasteiger partial charge in [-0.25, -0.2) is 17.2 Å². The van der Waals surface area contributed by atoms with Gasteiger partial charge < -0.3 is 5.11 Å². The fourth-order valence-corrected chi connectivity index (χ4v) is 2.55. The third-order valence-electron chi connectivity index (χ3n) is 3.22. The summed E-state index contributed by atoms with van der Waals surface area (Å²) < 4.78 is 49.7. The van der Waals surface area contributed by atoms with Crippen molar-refractivity contribution in [3.05, 3.63) is 35.4 Å². The first-order chi connectivity index (χ1) is 9.61. The maximum Gasteiger partial charge on any atom is 0.148 e. The average Bonchev–Trinajstić information content (AvgIpc) is 2.32. The van der Waals surface area contributed by atoms with Crippen molar-refractivity contribution < 1.29 is 22.3 Å². The summed E-state index contributed by atoms with van der Waals surface area (Å²) in [7, 11) is -3.14. The quantitative estimate of drug-likeness (QED) is 0.831. The monoisotopic (exact) mass is 321 g/mol. The topological polar surface area (TPSA) is 57.6 Å². The molecule has 0 aliphatic rings. The van der Waals surface area contributed by atoms with E-state index in [1.807, 2.05) is 13.8 Å². The molecule has 0 saturated carbocycles. The van der Waals surface area contributed by atoms with Crippen molar-refractivity contribution in [1.82, 2.24) is 4.90 Å². The second kappa shape index (κ2) is 7.29. The lowest BCUT2D eigenvalue weighted by atomic mass is 10.1. The predicted molar refractivity (Wildman–Crippen MR) is 77.7 cm³/mol. The highest BCUT2D eigenvalue weighted by Crippen LogP contribution is 2.22. The summed E-state index contributed by atoms with van der Waals surface area (Å²) in [6, 6.07) is 3.33. The molecule has 0 fully saturated rings. The van der Waals surface area contributed by atoms with E-state index in [9.17, 15) is 22.3 Å². The van der Waals surface area contributed by atoms with Crippen LogP contribution in [0.15, 0.2) is 18.2 Å². The lowest BCUT2D eigenvalue weighted by molar-refractivity contribution is 0.0940. The zero-order valence-corrected chi connectivity index (χ0v) is 13.2. The first-order valence-electron chi connectivity index (χ1n) is 6.65. The third-order valence-corrected chi connectivity index (χ3v) is 4.14. The van der Waals surface area contributed by atoms with Crippen molar-refractivity contribution in [2.24, 2.45) is 0 Å². The van der Waals surface area contributed by atoms with E-state index in [1.165, 1.54) is 6.07 Å². The van der Waals surface area contributed by atoms with Crippen LogP contribution in [0.4, 0.5) is 8.78 Å². The molecule has 1 atom stereocenters. The predicted octanol–water partition coefficient (Wildman–Crippen LogP) is 1.75. The van der Waals surface area contributed by atoms with E-state index >= 15 is 0 Å². The SMILES string of the molecule is CC(C)N(CCS(C)(=O)=O)CC(O)c1c(F)cccc1F. The van der Waals surface area contributed by atoms with Crippen molar-refractivity contribution in [3.63, 3.8) is 0 Å². The summed E-state index contributed by atoms with van der Waals surface area (Å²) in [5.41, 5.74) is -0.387. The van der Waals surface area contributed by atoms with Gasteiger partial charge in [0.1, 0.15) is 21.5 Å². The van der Waals surface area contributed by atoms with Gasteiger partial charge in [-0.05, 0) is 26.0 Å². The number of rotatable bonds is 7. The van der Waals surface area contributed by atoms with Crippen LogP contribution in [0.1, 0.15) is 25.5 Å². The second-order valence-electron chi connectivity index (χ2n) is 5.37. The Labute approximate surface area is 124 Å². The minimum atomic E-state index is -3.14. The Hall–Kier alpha value is -1.05. The molecule has 120 valence electrons. The van der Waals surface area contributed by atoms with Crippen LogP contribution in [0.5, 0.6) is 0 Å². The van der Waals surface area contributed by atoms with Crippen LogP contribution in [-0.4, -0.2) is 49.6 Å². The van der Waals surface area contributed by atoms with Gasteiger partial charge in [0.05, 0.1) is 17.4 Å². The molecule has 0 aliphatic carbocycles. The highest BCUT2D eigenvalue weighted by molar-refractivity contribution is 7.90. The minimum Gasteiger partial charge on any atom is -0.387 e. The summed E-state index contributed by atoms with van der Waals surface area (Å²) in [5.74, 6) is -1.69. The summed E-state index contributed by atoms with van der Waals surface area (Å²) in [6.07, 6.45) is -0.230. The van der Waals surface area contributed by atoms with Gasteiger partial charge in [0.15, 0.2) is 0 Å². The molecule has 0 amide bonds. The molecule has 0 heterocycles. The van der Waals surface area contributed by atoms with Crippen molar-refractivity contribution >= 4 is 9.84 Å². The van der Waals surface area contributed by atoms with E-state index in [-0.39, 0.29) is 30.4 Å². The van der Waals surface area contributed by atoms with Crippen LogP contribution in [0.3, 0.4) is 0 Å². The van der Waals surface area contributed by atoms with Gasteiger partial charge in [-0.2, -0.15) is 0 Å². The van der Waals surface area contributed by atoms with E-state index < -0.39 is 27.6 Å². The number of halogens is 2. The maximum atomic E-state index is 13.6. The maximum absolute atomic E-state index is 13.6. The molecule has 7 heteroatoms. The van der Waals surface area contributed by atoms with Gasteiger partial charge in [-0.15, -0.1) is 0 Å². The van der Waals surface area contributed by atoms with Crippen molar-refractivity contribution in [2.45, 2.75) is 26.0 Å². The lowest BCUT2D eigenvalue weighted by Crippen LogP contribution is -2.38. The molecule has 0 saturated heterocycles. The Morgan fingerprint density at radius 1 is 1.24 bits per heavy atom. The van der Waals surface area contributed by atoms with E-state index in [0.29, 0.717) is 0 Å². The van der Waals surface area contributed by atoms with Crippen molar-refractivity contribution in [1.29, 1.82) is 0 Å². The molecule has 1 N–H and O–H groups in total. The van der Waals surface area contributed by atoms with Gasteiger partial charge in [0.2, 0.25) is 0 Å². The molecule has 1 unspecified atom stereocenters. The molecular formula is C14H21F2NO3S. The number of sulfone groups is 1. The van der Waals surface area contributed by atoms with Gasteiger partial charge >= 0.3 is 0 Å². The van der Waals surface area contributed by atoms with Crippen LogP contribution >= 0.6 is 0 Å². The molecule has 0 bridgehead atoms. The van der Waals surface area contributed by atoms with Crippen LogP contribution in [0, 0.1) is 11.6 Å². The standard InChI is InChI=1S/C14H21F2NO3S/c1-10(2)17(7-8-21(3,19)20)9-13(18)14-11(15)5-4-6-12(14)16/h4-6,10,13,18H,7-9H2,1-3H3. The molecule has 4 nitrogen and oxygen atoms in total. The molecular weight excluding hydrogens is 300 g/mol. The van der Waals surface area contributed by atoms with Crippen LogP contribution in [0.25, 0.3) is 0 Å². The highest BCUT2D eigenvalue weighted by atomic mass is 32.2. The average molecular weight is 321 g/mol. The number of aliphatic hydroxyl groups is 1. The Balaban J connectivity index is 2.84. The van der Waals surface area contributed by atoms with Gasteiger partial charge in [0, 0.05) is 25.4 Å². The van der Waals surface area contributed by atoms with E-state index in [4.69, 9.17) is 0 Å². The summed E-state index contributed by atoms with van der Waals surface area (Å²) in [4.78, 5) is 1.68. The summed E-state index contributed by atoms with van der Waals surface area (Å²) in [6.45, 7) is 3.81. The molecule has 21 heavy (non-hydrogen) atoms. The van der Waals surface area contributed by atoms with Gasteiger partial charge in [-0.3, -0.25) is 4.90 Å². The second-order valence-corrected chi connectivity index (χ2v) is 7.63. The van der Waals surface area contributed by atoms with Crippen molar-refractivity contribution in [3.8, 4) is 0 Å². The Morgan fingerprint density at radius 2 is 1.76 bits per heavy atom. The zero-order valence-electron chi connectivity index (χ0n) is 12.4. The summed E-state index contributed by atoms with van der Waals surface area (Å²) in [5, 5.41) is 10.1. The first-order valence-corrected chi connectivity index (χ1v) is 8.71. The Bertz CT molecular complexity index is 555. The lowest BCUT2D eigenvalue weighted by Gasteiger charge is -2.28. The van der Waals surface area contributed by atoms with Crippen molar-refractivity contribution in [2.75, 3.05) is 25.1 Å². The number of aliphatic hydroxyl groups excluding tert-OH is 1. The number of hydrogen-bond donors (Lipinski definition) is 1. The van der Waals surface area contributed by atoms with Crippen LogP contribution in [0.2, 0.25) is 0 Å². The molecule has 1 aromatic carbocycles. The largest absolute Gasteiger partial charge is 0.387 e. The van der Waals surface area contributed by atoms with Gasteiger partial charge in [0.25, 0.3) is 0 Å². The van der Waals surface area contributed by atoms with E-state index in [1.54, 1.807) is 4.90 Å².